The third-order valence-electron chi connectivity index (χ3n) is 4.62. The molecule has 0 aliphatic carbocycles. The number of amides is 1. The minimum atomic E-state index is 0.0728. The highest BCUT2D eigenvalue weighted by Gasteiger charge is 2.17. The zero-order valence-electron chi connectivity index (χ0n) is 14.3. The van der Waals surface area contributed by atoms with Crippen LogP contribution < -0.4 is 0 Å². The van der Waals surface area contributed by atoms with Crippen molar-refractivity contribution in [3.63, 3.8) is 0 Å². The molecule has 126 valence electrons. The van der Waals surface area contributed by atoms with Crippen molar-refractivity contribution in [3.05, 3.63) is 60.2 Å². The molecule has 3 nitrogen and oxygen atoms in total. The van der Waals surface area contributed by atoms with Crippen molar-refractivity contribution in [3.8, 4) is 11.1 Å². The second kappa shape index (κ2) is 8.11. The molecule has 0 N–H and O–H groups in total. The van der Waals surface area contributed by atoms with Gasteiger partial charge in [0.2, 0.25) is 0 Å². The molecule has 0 bridgehead atoms. The van der Waals surface area contributed by atoms with Gasteiger partial charge >= 0.3 is 0 Å². The van der Waals surface area contributed by atoms with Gasteiger partial charge in [-0.2, -0.15) is 0 Å². The van der Waals surface area contributed by atoms with Crippen LogP contribution in [0.3, 0.4) is 0 Å². The molecule has 24 heavy (non-hydrogen) atoms. The van der Waals surface area contributed by atoms with Crippen LogP contribution in [0.5, 0.6) is 0 Å². The number of hydrogen-bond acceptors (Lipinski definition) is 2. The van der Waals surface area contributed by atoms with Crippen molar-refractivity contribution < 1.29 is 9.53 Å². The number of nitrogens with zero attached hydrogens (tertiary/aromatic N) is 1. The van der Waals surface area contributed by atoms with Crippen LogP contribution in [0.4, 0.5) is 0 Å². The first-order chi connectivity index (χ1) is 11.7. The first-order valence-corrected chi connectivity index (χ1v) is 8.76. The highest BCUT2D eigenvalue weighted by molar-refractivity contribution is 5.95. The van der Waals surface area contributed by atoms with Gasteiger partial charge in [-0.15, -0.1) is 0 Å². The van der Waals surface area contributed by atoms with Crippen LogP contribution >= 0.6 is 0 Å². The summed E-state index contributed by atoms with van der Waals surface area (Å²) in [7, 11) is 1.88. The van der Waals surface area contributed by atoms with E-state index in [2.05, 4.69) is 12.1 Å². The van der Waals surface area contributed by atoms with Crippen molar-refractivity contribution in [1.82, 2.24) is 4.90 Å². The molecule has 3 heteroatoms. The Morgan fingerprint density at radius 3 is 2.62 bits per heavy atom. The average Bonchev–Trinajstić information content (AvgIpc) is 2.67. The molecule has 1 atom stereocenters. The summed E-state index contributed by atoms with van der Waals surface area (Å²) in [6.45, 7) is 1.60. The average molecular weight is 323 g/mol. The van der Waals surface area contributed by atoms with Crippen molar-refractivity contribution in [1.29, 1.82) is 0 Å². The van der Waals surface area contributed by atoms with Crippen LogP contribution in [0, 0.1) is 0 Å². The van der Waals surface area contributed by atoms with Gasteiger partial charge in [0.25, 0.3) is 5.91 Å². The lowest BCUT2D eigenvalue weighted by Gasteiger charge is -2.25. The molecule has 0 aromatic heterocycles. The number of carbonyl (C=O) groups is 1. The molecule has 1 saturated heterocycles. The first-order valence-electron chi connectivity index (χ1n) is 8.76. The quantitative estimate of drug-likeness (QED) is 0.817. The molecule has 1 unspecified atom stereocenters. The maximum atomic E-state index is 12.7. The van der Waals surface area contributed by atoms with E-state index in [-0.39, 0.29) is 5.91 Å². The Bertz CT molecular complexity index is 663. The molecule has 0 saturated carbocycles. The van der Waals surface area contributed by atoms with Crippen molar-refractivity contribution in [2.45, 2.75) is 31.8 Å². The fraction of sp³-hybridized carbons (Fsp3) is 0.381. The maximum Gasteiger partial charge on any atom is 0.253 e. The van der Waals surface area contributed by atoms with Crippen LogP contribution in [-0.2, 0) is 4.74 Å². The monoisotopic (exact) mass is 323 g/mol. The van der Waals surface area contributed by atoms with E-state index in [1.165, 1.54) is 6.42 Å². The number of hydrogen-bond donors (Lipinski definition) is 0. The predicted octanol–water partition coefficient (Wildman–Crippen LogP) is 4.38. The van der Waals surface area contributed by atoms with Crippen LogP contribution in [0.25, 0.3) is 11.1 Å². The van der Waals surface area contributed by atoms with Gasteiger partial charge in [-0.25, -0.2) is 0 Å². The van der Waals surface area contributed by atoms with Gasteiger partial charge in [-0.1, -0.05) is 42.5 Å². The van der Waals surface area contributed by atoms with E-state index in [9.17, 15) is 4.79 Å². The zero-order valence-corrected chi connectivity index (χ0v) is 14.3. The predicted molar refractivity (Wildman–Crippen MR) is 97.0 cm³/mol. The Morgan fingerprint density at radius 1 is 1.08 bits per heavy atom. The highest BCUT2D eigenvalue weighted by Crippen LogP contribution is 2.21. The zero-order chi connectivity index (χ0) is 16.8. The highest BCUT2D eigenvalue weighted by atomic mass is 16.5. The molecule has 3 rings (SSSR count). The Kier molecular flexibility index (Phi) is 5.65. The molecule has 0 spiro atoms. The molecular formula is C21H25NO2. The molecular weight excluding hydrogens is 298 g/mol. The van der Waals surface area contributed by atoms with Gasteiger partial charge in [0.15, 0.2) is 0 Å². The van der Waals surface area contributed by atoms with E-state index >= 15 is 0 Å². The first kappa shape index (κ1) is 16.7. The number of benzene rings is 2. The summed E-state index contributed by atoms with van der Waals surface area (Å²) < 4.78 is 5.75. The van der Waals surface area contributed by atoms with Gasteiger partial charge in [-0.3, -0.25) is 4.79 Å². The molecule has 2 aromatic rings. The Labute approximate surface area is 144 Å². The van der Waals surface area contributed by atoms with E-state index in [4.69, 9.17) is 4.74 Å². The number of ether oxygens (including phenoxy) is 1. The number of rotatable bonds is 5. The van der Waals surface area contributed by atoms with E-state index < -0.39 is 0 Å². The van der Waals surface area contributed by atoms with Crippen LogP contribution in [0.15, 0.2) is 54.6 Å². The van der Waals surface area contributed by atoms with E-state index in [0.717, 1.165) is 49.1 Å². The van der Waals surface area contributed by atoms with Crippen LogP contribution in [-0.4, -0.2) is 37.1 Å². The van der Waals surface area contributed by atoms with Gasteiger partial charge < -0.3 is 9.64 Å². The normalized spacial score (nSPS) is 17.5. The summed E-state index contributed by atoms with van der Waals surface area (Å²) in [5.41, 5.74) is 2.94. The lowest BCUT2D eigenvalue weighted by Crippen LogP contribution is -2.31. The standard InChI is InChI=1S/C21H25NO2/c1-22(14-13-20-12-5-6-15-24-20)21(23)19-11-7-10-18(16-19)17-8-3-2-4-9-17/h2-4,7-11,16,20H,5-6,12-15H2,1H3. The van der Waals surface area contributed by atoms with E-state index in [1.54, 1.807) is 0 Å². The summed E-state index contributed by atoms with van der Waals surface area (Å²) in [6.07, 6.45) is 4.75. The Morgan fingerprint density at radius 2 is 1.88 bits per heavy atom. The van der Waals surface area contributed by atoms with Gasteiger partial charge in [0, 0.05) is 25.8 Å². The molecule has 1 fully saturated rings. The maximum absolute atomic E-state index is 12.7. The summed E-state index contributed by atoms with van der Waals surface area (Å²) in [6, 6.07) is 18.0. The summed E-state index contributed by atoms with van der Waals surface area (Å²) >= 11 is 0. The minimum absolute atomic E-state index is 0.0728. The smallest absolute Gasteiger partial charge is 0.253 e. The second-order valence-electron chi connectivity index (χ2n) is 6.45. The summed E-state index contributed by atoms with van der Waals surface area (Å²) in [5.74, 6) is 0.0728. The van der Waals surface area contributed by atoms with Crippen molar-refractivity contribution in [2.75, 3.05) is 20.2 Å². The number of carbonyl (C=O) groups excluding carboxylic acids is 1. The molecule has 1 heterocycles. The summed E-state index contributed by atoms with van der Waals surface area (Å²) in [4.78, 5) is 14.5. The second-order valence-corrected chi connectivity index (χ2v) is 6.45. The fourth-order valence-electron chi connectivity index (χ4n) is 3.16. The lowest BCUT2D eigenvalue weighted by molar-refractivity contribution is 0.00709. The van der Waals surface area contributed by atoms with Crippen molar-refractivity contribution >= 4 is 5.91 Å². The topological polar surface area (TPSA) is 29.5 Å². The molecule has 1 amide bonds. The third-order valence-corrected chi connectivity index (χ3v) is 4.62. The largest absolute Gasteiger partial charge is 0.378 e. The van der Waals surface area contributed by atoms with Gasteiger partial charge in [0.1, 0.15) is 0 Å². The Hall–Kier alpha value is -2.13. The molecule has 2 aromatic carbocycles. The Balaban J connectivity index is 1.63. The fourth-order valence-corrected chi connectivity index (χ4v) is 3.16. The van der Waals surface area contributed by atoms with E-state index in [1.807, 2.05) is 54.4 Å². The van der Waals surface area contributed by atoms with E-state index in [0.29, 0.717) is 6.10 Å². The van der Waals surface area contributed by atoms with Crippen LogP contribution in [0.2, 0.25) is 0 Å². The molecule has 0 radical (unpaired) electrons. The summed E-state index contributed by atoms with van der Waals surface area (Å²) in [5, 5.41) is 0. The molecule has 1 aliphatic heterocycles. The van der Waals surface area contributed by atoms with Crippen molar-refractivity contribution in [2.24, 2.45) is 0 Å². The van der Waals surface area contributed by atoms with Gasteiger partial charge in [0.05, 0.1) is 6.10 Å². The molecule has 1 aliphatic rings. The lowest BCUT2D eigenvalue weighted by atomic mass is 10.0. The minimum Gasteiger partial charge on any atom is -0.378 e. The van der Waals surface area contributed by atoms with Gasteiger partial charge in [-0.05, 0) is 48.9 Å². The third kappa shape index (κ3) is 4.24. The SMILES string of the molecule is CN(CCC1CCCCO1)C(=O)c1cccc(-c2ccccc2)c1. The van der Waals surface area contributed by atoms with Crippen LogP contribution in [0.1, 0.15) is 36.0 Å².